The average Bonchev–Trinajstić information content (AvgIpc) is 3.57. The Balaban J connectivity index is 0.992. The van der Waals surface area contributed by atoms with Crippen molar-refractivity contribution in [3.05, 3.63) is 11.6 Å². The number of carboxylic acid groups (broad SMARTS) is 1. The molecular weight excluding hydrogens is 1020 g/mol. The standard InChI is InChI=1S/C54H86O23/c1-21-31(58)34(61)39(66)45(70-21)74-30-18-49(3,4)16-24-23-10-11-27-50(5)14-13-29(52(7,20-56)26(50)12-15-53(27,8)54(23,9)28(57)17-51(24,30)6)73-48-43(38(65)37(64)41(75-48)44(68)69)77-47-42(36(63)33(60)25(19-55)72-47)76-46-40(67)35(62)32(59)22(2)71-46/h10,21-22,24-27,29-43,45-48,55-56,58-67H,11-20H2,1-9H3,(H,68,69). The Hall–Kier alpha value is -1.92. The molecule has 23 nitrogen and oxygen atoms in total. The van der Waals surface area contributed by atoms with Crippen molar-refractivity contribution < 1.29 is 114 Å². The van der Waals surface area contributed by atoms with Crippen molar-refractivity contribution in [1.82, 2.24) is 0 Å². The Kier molecular flexibility index (Phi) is 16.3. The van der Waals surface area contributed by atoms with Gasteiger partial charge < -0.3 is 104 Å². The second kappa shape index (κ2) is 21.1. The highest BCUT2D eigenvalue weighted by Crippen LogP contribution is 2.75. The van der Waals surface area contributed by atoms with Crippen LogP contribution in [0.5, 0.6) is 0 Å². The van der Waals surface area contributed by atoms with E-state index in [9.17, 15) is 71.2 Å². The molecule has 77 heavy (non-hydrogen) atoms. The summed E-state index contributed by atoms with van der Waals surface area (Å²) in [4.78, 5) is 28.0. The molecule has 9 aliphatic rings. The lowest BCUT2D eigenvalue weighted by Crippen LogP contribution is -2.69. The third-order valence-electron chi connectivity index (χ3n) is 21.3. The molecule has 4 saturated carbocycles. The van der Waals surface area contributed by atoms with E-state index in [1.54, 1.807) is 6.92 Å². The van der Waals surface area contributed by atoms with E-state index in [-0.39, 0.29) is 41.8 Å². The van der Waals surface area contributed by atoms with Crippen LogP contribution in [0.15, 0.2) is 11.6 Å². The second-order valence-electron chi connectivity index (χ2n) is 26.3. The second-order valence-corrected chi connectivity index (χ2v) is 26.3. The lowest BCUT2D eigenvalue weighted by molar-refractivity contribution is -0.396. The molecule has 30 unspecified atom stereocenters. The number of ether oxygens (including phenoxy) is 8. The monoisotopic (exact) mass is 1100 g/mol. The minimum Gasteiger partial charge on any atom is -0.479 e. The van der Waals surface area contributed by atoms with Gasteiger partial charge >= 0.3 is 5.97 Å². The zero-order chi connectivity index (χ0) is 56.6. The molecule has 9 rings (SSSR count). The first-order valence-electron chi connectivity index (χ1n) is 27.6. The molecule has 0 aromatic carbocycles. The number of carboxylic acids is 1. The van der Waals surface area contributed by atoms with E-state index in [1.807, 2.05) is 6.92 Å². The van der Waals surface area contributed by atoms with E-state index in [4.69, 9.17) is 37.9 Å². The van der Waals surface area contributed by atoms with Crippen molar-refractivity contribution in [2.24, 2.45) is 50.2 Å². The van der Waals surface area contributed by atoms with Crippen molar-refractivity contribution in [3.8, 4) is 0 Å². The molecule has 0 aromatic rings. The Morgan fingerprint density at radius 1 is 0.597 bits per heavy atom. The molecule has 8 fully saturated rings. The molecule has 0 spiro atoms. The highest BCUT2D eigenvalue weighted by molar-refractivity contribution is 5.91. The normalized spacial score (nSPS) is 55.7. The predicted octanol–water partition coefficient (Wildman–Crippen LogP) is -1.26. The van der Waals surface area contributed by atoms with Crippen LogP contribution in [-0.2, 0) is 47.5 Å². The molecule has 0 radical (unpaired) electrons. The van der Waals surface area contributed by atoms with Crippen LogP contribution in [0.2, 0.25) is 0 Å². The van der Waals surface area contributed by atoms with E-state index in [2.05, 4.69) is 47.6 Å². The third kappa shape index (κ3) is 9.43. The number of allylic oxidation sites excluding steroid dienone is 2. The Bertz CT molecular complexity index is 2200. The van der Waals surface area contributed by atoms with Crippen molar-refractivity contribution in [3.63, 3.8) is 0 Å². The van der Waals surface area contributed by atoms with Gasteiger partial charge in [-0.05, 0) is 99.7 Å². The number of ketones is 1. The van der Waals surface area contributed by atoms with Crippen LogP contribution >= 0.6 is 0 Å². The lowest BCUT2D eigenvalue weighted by Gasteiger charge is -2.71. The Morgan fingerprint density at radius 3 is 1.71 bits per heavy atom. The van der Waals surface area contributed by atoms with Gasteiger partial charge in [0.2, 0.25) is 0 Å². The fraction of sp³-hybridized carbons (Fsp3) is 0.926. The number of hydrogen-bond donors (Lipinski definition) is 13. The maximum atomic E-state index is 15.4. The summed E-state index contributed by atoms with van der Waals surface area (Å²) < 4.78 is 48.8. The van der Waals surface area contributed by atoms with Crippen LogP contribution < -0.4 is 0 Å². The van der Waals surface area contributed by atoms with Gasteiger partial charge in [0.15, 0.2) is 31.3 Å². The number of aliphatic hydroxyl groups is 12. The summed E-state index contributed by atoms with van der Waals surface area (Å²) in [5.74, 6) is -2.02. The molecule has 5 aliphatic carbocycles. The number of aliphatic hydroxyl groups excluding tert-OH is 12. The molecule has 4 aliphatic heterocycles. The van der Waals surface area contributed by atoms with Gasteiger partial charge in [0.25, 0.3) is 0 Å². The van der Waals surface area contributed by atoms with Gasteiger partial charge in [0, 0.05) is 17.3 Å². The molecule has 4 saturated heterocycles. The van der Waals surface area contributed by atoms with Gasteiger partial charge in [-0.25, -0.2) is 4.79 Å². The number of rotatable bonds is 11. The number of hydrogen-bond acceptors (Lipinski definition) is 22. The summed E-state index contributed by atoms with van der Waals surface area (Å²) in [5, 5.41) is 141. The maximum Gasteiger partial charge on any atom is 0.335 e. The molecule has 0 bridgehead atoms. The smallest absolute Gasteiger partial charge is 0.335 e. The van der Waals surface area contributed by atoms with E-state index >= 15 is 4.79 Å². The number of aliphatic carboxylic acids is 1. The Labute approximate surface area is 448 Å². The molecule has 30 atom stereocenters. The van der Waals surface area contributed by atoms with Gasteiger partial charge in [-0.15, -0.1) is 0 Å². The van der Waals surface area contributed by atoms with Gasteiger partial charge in [0.1, 0.15) is 85.1 Å². The molecule has 440 valence electrons. The van der Waals surface area contributed by atoms with Crippen molar-refractivity contribution in [1.29, 1.82) is 0 Å². The first-order chi connectivity index (χ1) is 35.8. The fourth-order valence-electron chi connectivity index (χ4n) is 16.4. The summed E-state index contributed by atoms with van der Waals surface area (Å²) >= 11 is 0. The van der Waals surface area contributed by atoms with E-state index in [0.29, 0.717) is 32.1 Å². The Morgan fingerprint density at radius 2 is 1.14 bits per heavy atom. The summed E-state index contributed by atoms with van der Waals surface area (Å²) in [7, 11) is 0. The molecule has 0 amide bonds. The molecular formula is C54H86O23. The van der Waals surface area contributed by atoms with Crippen LogP contribution in [0, 0.1) is 50.2 Å². The predicted molar refractivity (Wildman–Crippen MR) is 262 cm³/mol. The number of carbonyl (C=O) groups excluding carboxylic acids is 1. The quantitative estimate of drug-likeness (QED) is 0.0848. The first-order valence-corrected chi connectivity index (χ1v) is 27.6. The first kappa shape index (κ1) is 59.7. The summed E-state index contributed by atoms with van der Waals surface area (Å²) in [6.45, 7) is 16.5. The molecule has 23 heteroatoms. The van der Waals surface area contributed by atoms with Gasteiger partial charge in [-0.3, -0.25) is 4.79 Å². The highest BCUT2D eigenvalue weighted by atomic mass is 16.8. The third-order valence-corrected chi connectivity index (χ3v) is 21.3. The zero-order valence-electron chi connectivity index (χ0n) is 45.5. The van der Waals surface area contributed by atoms with Crippen molar-refractivity contribution in [2.75, 3.05) is 13.2 Å². The fourth-order valence-corrected chi connectivity index (χ4v) is 16.4. The molecule has 4 heterocycles. The van der Waals surface area contributed by atoms with Crippen LogP contribution in [0.4, 0.5) is 0 Å². The molecule has 0 aromatic heterocycles. The maximum absolute atomic E-state index is 15.4. The summed E-state index contributed by atoms with van der Waals surface area (Å²) in [5.41, 5.74) is -2.98. The van der Waals surface area contributed by atoms with Crippen molar-refractivity contribution >= 4 is 11.8 Å². The van der Waals surface area contributed by atoms with Gasteiger partial charge in [-0.1, -0.05) is 53.2 Å². The van der Waals surface area contributed by atoms with Crippen LogP contribution in [-0.4, -0.2) is 226 Å². The average molecular weight is 1100 g/mol. The van der Waals surface area contributed by atoms with Crippen LogP contribution in [0.3, 0.4) is 0 Å². The topological polar surface area (TPSA) is 371 Å². The summed E-state index contributed by atoms with van der Waals surface area (Å²) in [6, 6.07) is 0. The van der Waals surface area contributed by atoms with Gasteiger partial charge in [0.05, 0.1) is 43.0 Å². The lowest BCUT2D eigenvalue weighted by atomic mass is 9.33. The highest BCUT2D eigenvalue weighted by Gasteiger charge is 2.72. The minimum atomic E-state index is -2.13. The van der Waals surface area contributed by atoms with Crippen molar-refractivity contribution in [2.45, 2.75) is 249 Å². The number of Topliss-reactive ketones (excluding diaryl/α,β-unsaturated/α-hetero) is 1. The SMILES string of the molecule is CC1OC(OC2C(OC3C(OC4CCC5(C)C(CCC6(C)C5CC=C5C7CC(C)(C)CC(OC8OC(C)C(O)C(O)C8O)C7(C)CC(=O)C56C)C4(C)CO)OC(C(=O)O)C(O)C3O)OC(CO)C(O)C2O)C(O)C(O)C1O. The zero-order valence-corrected chi connectivity index (χ0v) is 45.5. The summed E-state index contributed by atoms with van der Waals surface area (Å²) in [6.07, 6.45) is -28.6. The largest absolute Gasteiger partial charge is 0.479 e. The minimum absolute atomic E-state index is 0.0745. The van der Waals surface area contributed by atoms with E-state index < -0.39 is 181 Å². The van der Waals surface area contributed by atoms with Gasteiger partial charge in [-0.2, -0.15) is 0 Å². The van der Waals surface area contributed by atoms with E-state index in [1.165, 1.54) is 6.92 Å². The van der Waals surface area contributed by atoms with Crippen LogP contribution in [0.25, 0.3) is 0 Å². The molecule has 13 N–H and O–H groups in total. The van der Waals surface area contributed by atoms with Crippen LogP contribution in [0.1, 0.15) is 114 Å². The number of carbonyl (C=O) groups is 2. The number of fused-ring (bicyclic) bond motifs is 7. The van der Waals surface area contributed by atoms with E-state index in [0.717, 1.165) is 12.0 Å².